The van der Waals surface area contributed by atoms with Gasteiger partial charge in [-0.3, -0.25) is 4.79 Å². The zero-order valence-electron chi connectivity index (χ0n) is 9.86. The van der Waals surface area contributed by atoms with Gasteiger partial charge in [0.2, 0.25) is 5.91 Å². The third kappa shape index (κ3) is 2.07. The second-order valence-corrected chi connectivity index (χ2v) is 5.21. The van der Waals surface area contributed by atoms with E-state index < -0.39 is 0 Å². The number of nitrogens with one attached hydrogen (secondary N) is 1. The standard InChI is InChI=1S/C14H18N2O/c15-14(17)13-8-16-7-12(13)11-5-3-10(4-6-11)9-1-2-9/h3-6,9,12-13,16H,1-2,7-8H2,(H2,15,17). The molecule has 2 aliphatic rings. The Morgan fingerprint density at radius 2 is 1.76 bits per heavy atom. The van der Waals surface area contributed by atoms with Gasteiger partial charge in [-0.15, -0.1) is 0 Å². The van der Waals surface area contributed by atoms with Crippen molar-refractivity contribution in [2.24, 2.45) is 11.7 Å². The Hall–Kier alpha value is -1.35. The molecule has 0 aromatic heterocycles. The van der Waals surface area contributed by atoms with Crippen molar-refractivity contribution in [1.29, 1.82) is 0 Å². The zero-order chi connectivity index (χ0) is 11.8. The van der Waals surface area contributed by atoms with Crippen LogP contribution in [-0.2, 0) is 4.79 Å². The first-order valence-corrected chi connectivity index (χ1v) is 6.35. The maximum Gasteiger partial charge on any atom is 0.222 e. The second kappa shape index (κ2) is 4.15. The summed E-state index contributed by atoms with van der Waals surface area (Å²) < 4.78 is 0. The van der Waals surface area contributed by atoms with Crippen LogP contribution in [0.25, 0.3) is 0 Å². The maximum absolute atomic E-state index is 11.4. The van der Waals surface area contributed by atoms with Gasteiger partial charge in [-0.05, 0) is 29.9 Å². The van der Waals surface area contributed by atoms with Crippen LogP contribution >= 0.6 is 0 Å². The molecule has 3 nitrogen and oxygen atoms in total. The molecule has 1 amide bonds. The lowest BCUT2D eigenvalue weighted by Crippen LogP contribution is -2.28. The van der Waals surface area contributed by atoms with E-state index in [1.807, 2.05) is 0 Å². The quantitative estimate of drug-likeness (QED) is 0.823. The third-order valence-corrected chi connectivity index (χ3v) is 3.99. The summed E-state index contributed by atoms with van der Waals surface area (Å²) in [5.41, 5.74) is 8.11. The number of hydrogen-bond acceptors (Lipinski definition) is 2. The van der Waals surface area contributed by atoms with Crippen molar-refractivity contribution in [3.05, 3.63) is 35.4 Å². The minimum absolute atomic E-state index is 0.0539. The summed E-state index contributed by atoms with van der Waals surface area (Å²) in [5, 5.41) is 3.25. The van der Waals surface area contributed by atoms with Crippen LogP contribution in [0.2, 0.25) is 0 Å². The minimum Gasteiger partial charge on any atom is -0.369 e. The summed E-state index contributed by atoms with van der Waals surface area (Å²) in [5.74, 6) is 0.798. The molecule has 2 unspecified atom stereocenters. The molecule has 90 valence electrons. The van der Waals surface area contributed by atoms with Gasteiger partial charge in [-0.1, -0.05) is 24.3 Å². The lowest BCUT2D eigenvalue weighted by Gasteiger charge is -2.16. The molecule has 0 bridgehead atoms. The number of nitrogens with two attached hydrogens (primary N) is 1. The zero-order valence-corrected chi connectivity index (χ0v) is 9.86. The Kier molecular flexibility index (Phi) is 2.63. The molecule has 1 saturated heterocycles. The number of carbonyl (C=O) groups is 1. The Morgan fingerprint density at radius 1 is 1.12 bits per heavy atom. The van der Waals surface area contributed by atoms with E-state index >= 15 is 0 Å². The predicted octanol–water partition coefficient (Wildman–Crippen LogP) is 1.35. The van der Waals surface area contributed by atoms with Gasteiger partial charge in [-0.2, -0.15) is 0 Å². The first-order valence-electron chi connectivity index (χ1n) is 6.35. The van der Waals surface area contributed by atoms with Crippen molar-refractivity contribution in [1.82, 2.24) is 5.32 Å². The Bertz CT molecular complexity index is 422. The monoisotopic (exact) mass is 230 g/mol. The average molecular weight is 230 g/mol. The summed E-state index contributed by atoms with van der Waals surface area (Å²) >= 11 is 0. The van der Waals surface area contributed by atoms with Crippen LogP contribution in [-0.4, -0.2) is 19.0 Å². The van der Waals surface area contributed by atoms with Gasteiger partial charge in [0.15, 0.2) is 0 Å². The van der Waals surface area contributed by atoms with Crippen LogP contribution in [0.3, 0.4) is 0 Å². The van der Waals surface area contributed by atoms with Crippen LogP contribution in [0, 0.1) is 5.92 Å². The van der Waals surface area contributed by atoms with E-state index in [4.69, 9.17) is 5.73 Å². The van der Waals surface area contributed by atoms with Gasteiger partial charge in [-0.25, -0.2) is 0 Å². The topological polar surface area (TPSA) is 55.1 Å². The molecule has 0 spiro atoms. The lowest BCUT2D eigenvalue weighted by molar-refractivity contribution is -0.121. The molecule has 1 aromatic rings. The third-order valence-electron chi connectivity index (χ3n) is 3.99. The van der Waals surface area contributed by atoms with Crippen molar-refractivity contribution in [2.45, 2.75) is 24.7 Å². The number of primary amides is 1. The fourth-order valence-corrected chi connectivity index (χ4v) is 2.76. The molecule has 3 N–H and O–H groups in total. The fraction of sp³-hybridized carbons (Fsp3) is 0.500. The minimum atomic E-state index is -0.189. The van der Waals surface area contributed by atoms with E-state index in [0.717, 1.165) is 12.5 Å². The highest BCUT2D eigenvalue weighted by Gasteiger charge is 2.32. The van der Waals surface area contributed by atoms with Crippen molar-refractivity contribution < 1.29 is 4.79 Å². The normalized spacial score (nSPS) is 28.2. The van der Waals surface area contributed by atoms with Gasteiger partial charge >= 0.3 is 0 Å². The van der Waals surface area contributed by atoms with E-state index in [-0.39, 0.29) is 17.7 Å². The molecule has 1 aliphatic carbocycles. The molecule has 17 heavy (non-hydrogen) atoms. The molecular weight excluding hydrogens is 212 g/mol. The van der Waals surface area contributed by atoms with Crippen LogP contribution in [0.15, 0.2) is 24.3 Å². The Labute approximate surface area is 101 Å². The largest absolute Gasteiger partial charge is 0.369 e. The van der Waals surface area contributed by atoms with Crippen molar-refractivity contribution in [3.63, 3.8) is 0 Å². The highest BCUT2D eigenvalue weighted by molar-refractivity contribution is 5.78. The summed E-state index contributed by atoms with van der Waals surface area (Å²) in [6.45, 7) is 1.57. The number of carbonyl (C=O) groups excluding carboxylic acids is 1. The second-order valence-electron chi connectivity index (χ2n) is 5.21. The summed E-state index contributed by atoms with van der Waals surface area (Å²) in [6, 6.07) is 8.76. The maximum atomic E-state index is 11.4. The van der Waals surface area contributed by atoms with E-state index in [0.29, 0.717) is 6.54 Å². The molecule has 1 aliphatic heterocycles. The molecule has 0 radical (unpaired) electrons. The van der Waals surface area contributed by atoms with Crippen LogP contribution < -0.4 is 11.1 Å². The first-order chi connectivity index (χ1) is 8.25. The molecule has 3 heteroatoms. The number of rotatable bonds is 3. The molecule has 3 rings (SSSR count). The van der Waals surface area contributed by atoms with Gasteiger partial charge in [0.25, 0.3) is 0 Å². The summed E-state index contributed by atoms with van der Waals surface area (Å²) in [6.07, 6.45) is 2.66. The smallest absolute Gasteiger partial charge is 0.222 e. The highest BCUT2D eigenvalue weighted by atomic mass is 16.1. The van der Waals surface area contributed by atoms with E-state index in [1.165, 1.54) is 24.0 Å². The highest BCUT2D eigenvalue weighted by Crippen LogP contribution is 2.40. The van der Waals surface area contributed by atoms with E-state index in [2.05, 4.69) is 29.6 Å². The Morgan fingerprint density at radius 3 is 2.35 bits per heavy atom. The summed E-state index contributed by atoms with van der Waals surface area (Å²) in [7, 11) is 0. The average Bonchev–Trinajstić information content (AvgIpc) is 3.06. The van der Waals surface area contributed by atoms with Crippen molar-refractivity contribution in [2.75, 3.05) is 13.1 Å². The summed E-state index contributed by atoms with van der Waals surface area (Å²) in [4.78, 5) is 11.4. The number of benzene rings is 1. The van der Waals surface area contributed by atoms with Gasteiger partial charge in [0, 0.05) is 19.0 Å². The van der Waals surface area contributed by atoms with Gasteiger partial charge in [0.05, 0.1) is 5.92 Å². The molecule has 2 atom stereocenters. The van der Waals surface area contributed by atoms with Crippen LogP contribution in [0.5, 0.6) is 0 Å². The van der Waals surface area contributed by atoms with Gasteiger partial charge in [0.1, 0.15) is 0 Å². The molecular formula is C14H18N2O. The molecule has 1 aromatic carbocycles. The van der Waals surface area contributed by atoms with Crippen molar-refractivity contribution in [3.8, 4) is 0 Å². The van der Waals surface area contributed by atoms with E-state index in [1.54, 1.807) is 0 Å². The first kappa shape index (κ1) is 10.8. The number of hydrogen-bond donors (Lipinski definition) is 2. The predicted molar refractivity (Wildman–Crippen MR) is 66.7 cm³/mol. The molecule has 2 fully saturated rings. The van der Waals surface area contributed by atoms with Gasteiger partial charge < -0.3 is 11.1 Å². The number of amides is 1. The fourth-order valence-electron chi connectivity index (χ4n) is 2.76. The van der Waals surface area contributed by atoms with Crippen LogP contribution in [0.4, 0.5) is 0 Å². The molecule has 1 heterocycles. The lowest BCUT2D eigenvalue weighted by atomic mass is 9.88. The molecule has 1 saturated carbocycles. The Balaban J connectivity index is 1.80. The van der Waals surface area contributed by atoms with Crippen LogP contribution in [0.1, 0.15) is 35.8 Å². The van der Waals surface area contributed by atoms with E-state index in [9.17, 15) is 4.79 Å². The SMILES string of the molecule is NC(=O)C1CNCC1c1ccc(C2CC2)cc1. The van der Waals surface area contributed by atoms with Crippen molar-refractivity contribution >= 4 is 5.91 Å².